The highest BCUT2D eigenvalue weighted by molar-refractivity contribution is 9.10. The van der Waals surface area contributed by atoms with Crippen LogP contribution in [0.2, 0.25) is 10.0 Å². The van der Waals surface area contributed by atoms with Gasteiger partial charge in [0.05, 0.1) is 16.3 Å². The van der Waals surface area contributed by atoms with Gasteiger partial charge in [-0.3, -0.25) is 9.10 Å². The average molecular weight is 557 g/mol. The molecule has 0 aliphatic rings. The van der Waals surface area contributed by atoms with Crippen LogP contribution >= 0.6 is 39.1 Å². The second-order valence-electron chi connectivity index (χ2n) is 6.60. The van der Waals surface area contributed by atoms with E-state index < -0.39 is 28.4 Å². The lowest BCUT2D eigenvalue weighted by Gasteiger charge is -2.20. The molecule has 0 N–H and O–H groups in total. The van der Waals surface area contributed by atoms with Crippen molar-refractivity contribution >= 4 is 66.6 Å². The van der Waals surface area contributed by atoms with E-state index in [1.165, 1.54) is 19.2 Å². The molecule has 3 rings (SSSR count). The average Bonchev–Trinajstić information content (AvgIpc) is 2.77. The Labute approximate surface area is 203 Å². The SMILES string of the molecule is CN(c1ccc(Cl)cc1)S(=O)(=O)c1cc(C(=O)OCC(=O)c2cccc(Br)c2)ccc1Cl. The van der Waals surface area contributed by atoms with Gasteiger partial charge in [-0.2, -0.15) is 0 Å². The van der Waals surface area contributed by atoms with E-state index in [0.29, 0.717) is 20.7 Å². The maximum atomic E-state index is 13.1. The van der Waals surface area contributed by atoms with E-state index in [9.17, 15) is 18.0 Å². The van der Waals surface area contributed by atoms with Crippen molar-refractivity contribution in [2.24, 2.45) is 0 Å². The minimum Gasteiger partial charge on any atom is -0.454 e. The number of carbonyl (C=O) groups excluding carboxylic acids is 2. The molecule has 32 heavy (non-hydrogen) atoms. The number of sulfonamides is 1. The summed E-state index contributed by atoms with van der Waals surface area (Å²) in [5.41, 5.74) is 0.675. The number of hydrogen-bond acceptors (Lipinski definition) is 5. The van der Waals surface area contributed by atoms with E-state index in [0.717, 1.165) is 10.4 Å². The lowest BCUT2D eigenvalue weighted by molar-refractivity contribution is 0.0474. The van der Waals surface area contributed by atoms with Crippen molar-refractivity contribution in [1.82, 2.24) is 0 Å². The number of nitrogens with zero attached hydrogens (tertiary/aromatic N) is 1. The van der Waals surface area contributed by atoms with Gasteiger partial charge in [-0.05, 0) is 54.6 Å². The van der Waals surface area contributed by atoms with Gasteiger partial charge >= 0.3 is 5.97 Å². The summed E-state index contributed by atoms with van der Waals surface area (Å²) in [5, 5.41) is 0.396. The predicted octanol–water partition coefficient (Wildman–Crippen LogP) is 5.62. The maximum absolute atomic E-state index is 13.1. The molecular formula is C22H16BrCl2NO5S. The largest absolute Gasteiger partial charge is 0.454 e. The molecule has 0 atom stereocenters. The van der Waals surface area contributed by atoms with Gasteiger partial charge in [0, 0.05) is 22.1 Å². The number of anilines is 1. The molecule has 0 aliphatic heterocycles. The molecule has 166 valence electrons. The number of Topliss-reactive ketones (excluding diaryl/α,β-unsaturated/α-hetero) is 1. The van der Waals surface area contributed by atoms with Gasteiger partial charge in [-0.25, -0.2) is 13.2 Å². The summed E-state index contributed by atoms with van der Waals surface area (Å²) in [4.78, 5) is 24.4. The maximum Gasteiger partial charge on any atom is 0.338 e. The summed E-state index contributed by atoms with van der Waals surface area (Å²) >= 11 is 15.3. The Morgan fingerprint density at radius 1 is 0.969 bits per heavy atom. The van der Waals surface area contributed by atoms with Crippen molar-refractivity contribution in [3.63, 3.8) is 0 Å². The standard InChI is InChI=1S/C22H16BrCl2NO5S/c1-26(18-8-6-17(24)7-9-18)32(29,30)21-12-15(5-10-19(21)25)22(28)31-13-20(27)14-3-2-4-16(23)11-14/h2-12H,13H2,1H3. The quantitative estimate of drug-likeness (QED) is 0.278. The summed E-state index contributed by atoms with van der Waals surface area (Å²) in [6, 6.07) is 16.6. The zero-order chi connectivity index (χ0) is 23.5. The van der Waals surface area contributed by atoms with Crippen molar-refractivity contribution in [3.8, 4) is 0 Å². The van der Waals surface area contributed by atoms with Gasteiger partial charge in [-0.15, -0.1) is 0 Å². The molecule has 0 unspecified atom stereocenters. The lowest BCUT2D eigenvalue weighted by atomic mass is 10.1. The molecule has 0 saturated heterocycles. The fourth-order valence-electron chi connectivity index (χ4n) is 2.73. The number of carbonyl (C=O) groups is 2. The third-order valence-corrected chi connectivity index (χ3v) is 7.49. The van der Waals surface area contributed by atoms with Crippen LogP contribution in [0.4, 0.5) is 5.69 Å². The molecular weight excluding hydrogens is 541 g/mol. The third kappa shape index (κ3) is 5.50. The minimum atomic E-state index is -4.09. The summed E-state index contributed by atoms with van der Waals surface area (Å²) in [7, 11) is -2.73. The second-order valence-corrected chi connectivity index (χ2v) is 10.3. The first kappa shape index (κ1) is 24.3. The molecule has 0 heterocycles. The number of rotatable bonds is 7. The van der Waals surface area contributed by atoms with Crippen molar-refractivity contribution in [2.75, 3.05) is 18.0 Å². The fraction of sp³-hybridized carbons (Fsp3) is 0.0909. The Morgan fingerprint density at radius 3 is 2.31 bits per heavy atom. The molecule has 0 saturated carbocycles. The summed E-state index contributed by atoms with van der Waals surface area (Å²) in [6.07, 6.45) is 0. The van der Waals surface area contributed by atoms with E-state index in [1.54, 1.807) is 48.5 Å². The Bertz CT molecular complexity index is 1280. The zero-order valence-corrected chi connectivity index (χ0v) is 20.5. The molecule has 10 heteroatoms. The normalized spacial score (nSPS) is 11.1. The van der Waals surface area contributed by atoms with Crippen molar-refractivity contribution in [3.05, 3.63) is 92.4 Å². The highest BCUT2D eigenvalue weighted by Crippen LogP contribution is 2.29. The molecule has 6 nitrogen and oxygen atoms in total. The number of benzene rings is 3. The van der Waals surface area contributed by atoms with Gasteiger partial charge in [0.25, 0.3) is 10.0 Å². The van der Waals surface area contributed by atoms with Crippen molar-refractivity contribution in [2.45, 2.75) is 4.90 Å². The van der Waals surface area contributed by atoms with Crippen LogP contribution in [-0.4, -0.2) is 33.8 Å². The first-order chi connectivity index (χ1) is 15.1. The topological polar surface area (TPSA) is 80.8 Å². The van der Waals surface area contributed by atoms with Crippen LogP contribution in [-0.2, 0) is 14.8 Å². The Kier molecular flexibility index (Phi) is 7.61. The number of esters is 1. The van der Waals surface area contributed by atoms with E-state index in [4.69, 9.17) is 27.9 Å². The highest BCUT2D eigenvalue weighted by atomic mass is 79.9. The Hall–Kier alpha value is -2.39. The number of halogens is 3. The monoisotopic (exact) mass is 555 g/mol. The van der Waals surface area contributed by atoms with Crippen LogP contribution in [0, 0.1) is 0 Å². The van der Waals surface area contributed by atoms with Crippen LogP contribution in [0.25, 0.3) is 0 Å². The van der Waals surface area contributed by atoms with Gasteiger partial charge < -0.3 is 4.74 Å². The van der Waals surface area contributed by atoms with Gasteiger partial charge in [0.2, 0.25) is 0 Å². The van der Waals surface area contributed by atoms with E-state index in [1.807, 2.05) is 0 Å². The minimum absolute atomic E-state index is 0.0560. The molecule has 0 bridgehead atoms. The Morgan fingerprint density at radius 2 is 1.66 bits per heavy atom. The van der Waals surface area contributed by atoms with E-state index in [2.05, 4.69) is 15.9 Å². The van der Waals surface area contributed by atoms with Crippen molar-refractivity contribution in [1.29, 1.82) is 0 Å². The van der Waals surface area contributed by atoms with Crippen LogP contribution < -0.4 is 4.31 Å². The molecule has 0 radical (unpaired) electrons. The first-order valence-electron chi connectivity index (χ1n) is 9.09. The zero-order valence-electron chi connectivity index (χ0n) is 16.6. The predicted molar refractivity (Wildman–Crippen MR) is 127 cm³/mol. The third-order valence-electron chi connectivity index (χ3n) is 4.48. The summed E-state index contributed by atoms with van der Waals surface area (Å²) < 4.78 is 33.0. The molecule has 3 aromatic rings. The summed E-state index contributed by atoms with van der Waals surface area (Å²) in [6.45, 7) is -0.495. The number of hydrogen-bond donors (Lipinski definition) is 0. The van der Waals surface area contributed by atoms with Crippen LogP contribution in [0.5, 0.6) is 0 Å². The van der Waals surface area contributed by atoms with E-state index >= 15 is 0 Å². The van der Waals surface area contributed by atoms with E-state index in [-0.39, 0.29) is 15.5 Å². The number of ether oxygens (including phenoxy) is 1. The van der Waals surface area contributed by atoms with Crippen LogP contribution in [0.15, 0.2) is 76.1 Å². The van der Waals surface area contributed by atoms with Crippen molar-refractivity contribution < 1.29 is 22.7 Å². The molecule has 0 amide bonds. The lowest BCUT2D eigenvalue weighted by Crippen LogP contribution is -2.27. The molecule has 0 aromatic heterocycles. The van der Waals surface area contributed by atoms with Gasteiger partial charge in [0.15, 0.2) is 12.4 Å². The molecule has 0 aliphatic carbocycles. The van der Waals surface area contributed by atoms with Crippen LogP contribution in [0.1, 0.15) is 20.7 Å². The Balaban J connectivity index is 1.80. The first-order valence-corrected chi connectivity index (χ1v) is 12.1. The van der Waals surface area contributed by atoms with Gasteiger partial charge in [0.1, 0.15) is 4.90 Å². The fourth-order valence-corrected chi connectivity index (χ4v) is 4.94. The highest BCUT2D eigenvalue weighted by Gasteiger charge is 2.26. The molecule has 0 spiro atoms. The smallest absolute Gasteiger partial charge is 0.338 e. The molecule has 0 fully saturated rings. The number of ketones is 1. The van der Waals surface area contributed by atoms with Crippen LogP contribution in [0.3, 0.4) is 0 Å². The summed E-state index contributed by atoms with van der Waals surface area (Å²) in [5.74, 6) is -1.25. The molecule has 3 aromatic carbocycles. The van der Waals surface area contributed by atoms with Gasteiger partial charge in [-0.1, -0.05) is 51.3 Å². The second kappa shape index (κ2) is 10.0.